The first-order chi connectivity index (χ1) is 10.9. The Morgan fingerprint density at radius 1 is 1.09 bits per heavy atom. The van der Waals surface area contributed by atoms with Crippen molar-refractivity contribution < 1.29 is 14.1 Å². The van der Waals surface area contributed by atoms with Gasteiger partial charge in [-0.25, -0.2) is 0 Å². The van der Waals surface area contributed by atoms with Crippen LogP contribution in [-0.2, 0) is 4.79 Å². The lowest BCUT2D eigenvalue weighted by Gasteiger charge is -2.09. The molecule has 2 amide bonds. The van der Waals surface area contributed by atoms with Crippen LogP contribution in [0.5, 0.6) is 0 Å². The smallest absolute Gasteiger partial charge is 0.261 e. The zero-order chi connectivity index (χ0) is 17.0. The van der Waals surface area contributed by atoms with Gasteiger partial charge in [-0.2, -0.15) is 0 Å². The zero-order valence-corrected chi connectivity index (χ0v) is 13.8. The predicted octanol–water partition coefficient (Wildman–Crippen LogP) is 3.53. The second-order valence-electron chi connectivity index (χ2n) is 5.88. The minimum Gasteiger partial charge on any atom is -0.361 e. The van der Waals surface area contributed by atoms with Gasteiger partial charge in [0, 0.05) is 17.8 Å². The summed E-state index contributed by atoms with van der Waals surface area (Å²) in [4.78, 5) is 23.9. The first kappa shape index (κ1) is 16.7. The van der Waals surface area contributed by atoms with Gasteiger partial charge in [-0.1, -0.05) is 19.0 Å². The van der Waals surface area contributed by atoms with Crippen LogP contribution >= 0.6 is 0 Å². The van der Waals surface area contributed by atoms with Crippen molar-refractivity contribution in [3.05, 3.63) is 41.3 Å². The Morgan fingerprint density at radius 3 is 2.13 bits per heavy atom. The largest absolute Gasteiger partial charge is 0.361 e. The maximum atomic E-state index is 12.2. The number of hydrogen-bond donors (Lipinski definition) is 2. The van der Waals surface area contributed by atoms with E-state index in [0.29, 0.717) is 40.7 Å². The van der Waals surface area contributed by atoms with Gasteiger partial charge in [0.25, 0.3) is 5.91 Å². The van der Waals surface area contributed by atoms with E-state index in [0.717, 1.165) is 0 Å². The van der Waals surface area contributed by atoms with Crippen molar-refractivity contribution in [2.45, 2.75) is 34.1 Å². The Labute approximate surface area is 135 Å². The third kappa shape index (κ3) is 4.42. The van der Waals surface area contributed by atoms with E-state index in [2.05, 4.69) is 15.8 Å². The van der Waals surface area contributed by atoms with Crippen molar-refractivity contribution >= 4 is 23.2 Å². The first-order valence-corrected chi connectivity index (χ1v) is 7.51. The zero-order valence-electron chi connectivity index (χ0n) is 13.8. The number of carbonyl (C=O) groups is 2. The molecule has 0 saturated carbocycles. The summed E-state index contributed by atoms with van der Waals surface area (Å²) in [6.07, 6.45) is 0.477. The van der Waals surface area contributed by atoms with Crippen molar-refractivity contribution in [2.75, 3.05) is 10.6 Å². The number of anilines is 2. The molecule has 0 radical (unpaired) electrons. The topological polar surface area (TPSA) is 84.2 Å². The van der Waals surface area contributed by atoms with E-state index in [4.69, 9.17) is 4.52 Å². The van der Waals surface area contributed by atoms with Crippen molar-refractivity contribution in [2.24, 2.45) is 5.92 Å². The average molecular weight is 315 g/mol. The summed E-state index contributed by atoms with van der Waals surface area (Å²) in [5.74, 6) is 0.506. The minimum absolute atomic E-state index is 0.0208. The van der Waals surface area contributed by atoms with Crippen LogP contribution in [0.25, 0.3) is 0 Å². The number of rotatable bonds is 5. The number of aromatic nitrogens is 1. The second kappa shape index (κ2) is 7.09. The quantitative estimate of drug-likeness (QED) is 0.884. The van der Waals surface area contributed by atoms with Gasteiger partial charge in [0.15, 0.2) is 0 Å². The molecule has 0 atom stereocenters. The van der Waals surface area contributed by atoms with Crippen LogP contribution in [0.2, 0.25) is 0 Å². The van der Waals surface area contributed by atoms with E-state index in [9.17, 15) is 9.59 Å². The third-order valence-electron chi connectivity index (χ3n) is 3.28. The van der Waals surface area contributed by atoms with Gasteiger partial charge in [0.1, 0.15) is 11.3 Å². The lowest BCUT2D eigenvalue weighted by Crippen LogP contribution is -2.15. The molecular formula is C17H21N3O3. The molecule has 0 unspecified atom stereocenters. The normalized spacial score (nSPS) is 10.7. The summed E-state index contributed by atoms with van der Waals surface area (Å²) < 4.78 is 4.99. The van der Waals surface area contributed by atoms with Crippen molar-refractivity contribution in [3.63, 3.8) is 0 Å². The van der Waals surface area contributed by atoms with Gasteiger partial charge in [-0.05, 0) is 44.0 Å². The number of nitrogens with one attached hydrogen (secondary N) is 2. The van der Waals surface area contributed by atoms with E-state index >= 15 is 0 Å². The number of aryl methyl sites for hydroxylation is 2. The highest BCUT2D eigenvalue weighted by Crippen LogP contribution is 2.18. The fraction of sp³-hybridized carbons (Fsp3) is 0.353. The highest BCUT2D eigenvalue weighted by atomic mass is 16.5. The molecule has 122 valence electrons. The summed E-state index contributed by atoms with van der Waals surface area (Å²) in [5.41, 5.74) is 2.33. The number of carbonyl (C=O) groups excluding carboxylic acids is 2. The minimum atomic E-state index is -0.266. The van der Waals surface area contributed by atoms with Crippen LogP contribution in [0.1, 0.15) is 42.1 Å². The van der Waals surface area contributed by atoms with Crippen molar-refractivity contribution in [1.29, 1.82) is 0 Å². The SMILES string of the molecule is Cc1noc(C)c1C(=O)Nc1ccc(NC(=O)CC(C)C)cc1. The Hall–Kier alpha value is -2.63. The highest BCUT2D eigenvalue weighted by molar-refractivity contribution is 6.05. The van der Waals surface area contributed by atoms with Crippen LogP contribution in [0.4, 0.5) is 11.4 Å². The molecule has 1 aromatic carbocycles. The van der Waals surface area contributed by atoms with E-state index in [1.165, 1.54) is 0 Å². The van der Waals surface area contributed by atoms with Gasteiger partial charge >= 0.3 is 0 Å². The van der Waals surface area contributed by atoms with Gasteiger partial charge in [-0.15, -0.1) is 0 Å². The Kier molecular flexibility index (Phi) is 5.16. The fourth-order valence-electron chi connectivity index (χ4n) is 2.22. The van der Waals surface area contributed by atoms with Crippen LogP contribution in [0.3, 0.4) is 0 Å². The summed E-state index contributed by atoms with van der Waals surface area (Å²) in [6, 6.07) is 6.98. The molecular weight excluding hydrogens is 294 g/mol. The maximum absolute atomic E-state index is 12.2. The van der Waals surface area contributed by atoms with E-state index in [1.807, 2.05) is 13.8 Å². The molecule has 0 saturated heterocycles. The molecule has 0 aliphatic carbocycles. The lowest BCUT2D eigenvalue weighted by atomic mass is 10.1. The summed E-state index contributed by atoms with van der Waals surface area (Å²) in [7, 11) is 0. The van der Waals surface area contributed by atoms with Gasteiger partial charge in [0.2, 0.25) is 5.91 Å². The molecule has 1 aromatic heterocycles. The molecule has 6 heteroatoms. The van der Waals surface area contributed by atoms with Crippen LogP contribution in [0, 0.1) is 19.8 Å². The fourth-order valence-corrected chi connectivity index (χ4v) is 2.22. The molecule has 1 heterocycles. The summed E-state index contributed by atoms with van der Waals surface area (Å²) in [5, 5.41) is 9.38. The van der Waals surface area contributed by atoms with Crippen molar-refractivity contribution in [3.8, 4) is 0 Å². The molecule has 2 N–H and O–H groups in total. The van der Waals surface area contributed by atoms with Crippen LogP contribution < -0.4 is 10.6 Å². The summed E-state index contributed by atoms with van der Waals surface area (Å²) in [6.45, 7) is 7.40. The predicted molar refractivity (Wildman–Crippen MR) is 88.5 cm³/mol. The van der Waals surface area contributed by atoms with Gasteiger partial charge < -0.3 is 15.2 Å². The Morgan fingerprint density at radius 2 is 1.65 bits per heavy atom. The second-order valence-corrected chi connectivity index (χ2v) is 5.88. The molecule has 0 bridgehead atoms. The molecule has 2 aromatic rings. The molecule has 23 heavy (non-hydrogen) atoms. The number of nitrogens with zero attached hydrogens (tertiary/aromatic N) is 1. The van der Waals surface area contributed by atoms with Gasteiger partial charge in [0.05, 0.1) is 5.69 Å². The van der Waals surface area contributed by atoms with Crippen molar-refractivity contribution in [1.82, 2.24) is 5.16 Å². The first-order valence-electron chi connectivity index (χ1n) is 7.51. The number of benzene rings is 1. The van der Waals surface area contributed by atoms with Crippen LogP contribution in [0.15, 0.2) is 28.8 Å². The molecule has 0 aliphatic rings. The Bertz CT molecular complexity index is 683. The highest BCUT2D eigenvalue weighted by Gasteiger charge is 2.17. The molecule has 6 nitrogen and oxygen atoms in total. The van der Waals surface area contributed by atoms with Crippen LogP contribution in [-0.4, -0.2) is 17.0 Å². The van der Waals surface area contributed by atoms with Gasteiger partial charge in [-0.3, -0.25) is 9.59 Å². The standard InChI is InChI=1S/C17H21N3O3/c1-10(2)9-15(21)18-13-5-7-14(8-6-13)19-17(22)16-11(3)20-23-12(16)4/h5-8,10H,9H2,1-4H3,(H,18,21)(H,19,22). The summed E-state index contributed by atoms with van der Waals surface area (Å²) >= 11 is 0. The average Bonchev–Trinajstić information content (AvgIpc) is 2.79. The monoisotopic (exact) mass is 315 g/mol. The molecule has 0 fully saturated rings. The Balaban J connectivity index is 2.00. The van der Waals surface area contributed by atoms with E-state index < -0.39 is 0 Å². The molecule has 0 aliphatic heterocycles. The molecule has 2 rings (SSSR count). The number of amides is 2. The van der Waals surface area contributed by atoms with E-state index in [1.54, 1.807) is 38.1 Å². The lowest BCUT2D eigenvalue weighted by molar-refractivity contribution is -0.116. The van der Waals surface area contributed by atoms with E-state index in [-0.39, 0.29) is 11.8 Å². The third-order valence-corrected chi connectivity index (χ3v) is 3.28. The number of hydrogen-bond acceptors (Lipinski definition) is 4. The molecule has 0 spiro atoms. The maximum Gasteiger partial charge on any atom is 0.261 e.